The van der Waals surface area contributed by atoms with Crippen molar-refractivity contribution < 1.29 is 0 Å². The van der Waals surface area contributed by atoms with Gasteiger partial charge < -0.3 is 5.32 Å². The van der Waals surface area contributed by atoms with Crippen LogP contribution in [0.4, 0.5) is 0 Å². The molecule has 0 radical (unpaired) electrons. The fourth-order valence-corrected chi connectivity index (χ4v) is 3.00. The van der Waals surface area contributed by atoms with E-state index in [2.05, 4.69) is 44.3 Å². The standard InChI is InChI=1S/C15H23N/c1-4-16-15-6-5-13(10-15)14-8-11(2)7-12(3)9-14/h7-9,13,15-16H,4-6,10H2,1-3H3. The molecule has 0 aromatic heterocycles. The zero-order chi connectivity index (χ0) is 11.5. The number of hydrogen-bond donors (Lipinski definition) is 1. The van der Waals surface area contributed by atoms with Gasteiger partial charge in [-0.2, -0.15) is 0 Å². The molecule has 1 heteroatoms. The molecule has 0 bridgehead atoms. The summed E-state index contributed by atoms with van der Waals surface area (Å²) in [6, 6.07) is 7.74. The van der Waals surface area contributed by atoms with Gasteiger partial charge in [-0.1, -0.05) is 36.2 Å². The van der Waals surface area contributed by atoms with Gasteiger partial charge in [0.1, 0.15) is 0 Å². The van der Waals surface area contributed by atoms with Crippen LogP contribution in [0.1, 0.15) is 48.8 Å². The van der Waals surface area contributed by atoms with Crippen LogP contribution in [0.25, 0.3) is 0 Å². The Kier molecular flexibility index (Phi) is 3.65. The molecule has 1 nitrogen and oxygen atoms in total. The second-order valence-electron chi connectivity index (χ2n) is 5.19. The summed E-state index contributed by atoms with van der Waals surface area (Å²) in [7, 11) is 0. The lowest BCUT2D eigenvalue weighted by molar-refractivity contribution is 0.535. The third-order valence-corrected chi connectivity index (χ3v) is 3.64. The predicted molar refractivity (Wildman–Crippen MR) is 70.0 cm³/mol. The third-order valence-electron chi connectivity index (χ3n) is 3.64. The van der Waals surface area contributed by atoms with Gasteiger partial charge in [0.15, 0.2) is 0 Å². The van der Waals surface area contributed by atoms with E-state index in [1.807, 2.05) is 0 Å². The van der Waals surface area contributed by atoms with Crippen molar-refractivity contribution in [2.45, 2.75) is 52.0 Å². The molecule has 1 fully saturated rings. The van der Waals surface area contributed by atoms with Gasteiger partial charge in [0.2, 0.25) is 0 Å². The Morgan fingerprint density at radius 3 is 2.44 bits per heavy atom. The molecule has 0 heterocycles. The zero-order valence-corrected chi connectivity index (χ0v) is 10.7. The highest BCUT2D eigenvalue weighted by molar-refractivity contribution is 5.31. The second-order valence-corrected chi connectivity index (χ2v) is 5.19. The minimum atomic E-state index is 0.746. The van der Waals surface area contributed by atoms with E-state index in [1.165, 1.54) is 30.4 Å². The monoisotopic (exact) mass is 217 g/mol. The Labute approximate surface area is 99.3 Å². The molecule has 1 aromatic rings. The second kappa shape index (κ2) is 5.01. The third kappa shape index (κ3) is 2.65. The molecule has 2 atom stereocenters. The summed E-state index contributed by atoms with van der Waals surface area (Å²) in [4.78, 5) is 0. The first-order valence-corrected chi connectivity index (χ1v) is 6.50. The summed E-state index contributed by atoms with van der Waals surface area (Å²) in [5.74, 6) is 0.780. The summed E-state index contributed by atoms with van der Waals surface area (Å²) in [5, 5.41) is 3.57. The van der Waals surface area contributed by atoms with Crippen molar-refractivity contribution in [1.82, 2.24) is 5.32 Å². The molecular weight excluding hydrogens is 194 g/mol. The highest BCUT2D eigenvalue weighted by atomic mass is 14.9. The molecule has 88 valence electrons. The van der Waals surface area contributed by atoms with Crippen molar-refractivity contribution in [3.05, 3.63) is 34.9 Å². The van der Waals surface area contributed by atoms with Gasteiger partial charge in [-0.25, -0.2) is 0 Å². The van der Waals surface area contributed by atoms with Crippen LogP contribution in [0.5, 0.6) is 0 Å². The van der Waals surface area contributed by atoms with Crippen molar-refractivity contribution >= 4 is 0 Å². The molecule has 1 aliphatic carbocycles. The summed E-state index contributed by atoms with van der Waals surface area (Å²) < 4.78 is 0. The first-order valence-electron chi connectivity index (χ1n) is 6.50. The van der Waals surface area contributed by atoms with E-state index in [0.29, 0.717) is 0 Å². The molecule has 0 amide bonds. The van der Waals surface area contributed by atoms with Crippen LogP contribution in [-0.2, 0) is 0 Å². The van der Waals surface area contributed by atoms with E-state index in [1.54, 1.807) is 5.56 Å². The summed E-state index contributed by atoms with van der Waals surface area (Å²) >= 11 is 0. The maximum absolute atomic E-state index is 3.57. The van der Waals surface area contributed by atoms with Crippen molar-refractivity contribution in [3.63, 3.8) is 0 Å². The molecule has 1 aromatic carbocycles. The van der Waals surface area contributed by atoms with Gasteiger partial charge in [-0.15, -0.1) is 0 Å². The lowest BCUT2D eigenvalue weighted by atomic mass is 9.94. The minimum absolute atomic E-state index is 0.746. The first kappa shape index (κ1) is 11.7. The van der Waals surface area contributed by atoms with E-state index >= 15 is 0 Å². The van der Waals surface area contributed by atoms with Gasteiger partial charge in [0, 0.05) is 6.04 Å². The number of benzene rings is 1. The zero-order valence-electron chi connectivity index (χ0n) is 10.7. The van der Waals surface area contributed by atoms with Gasteiger partial charge in [-0.3, -0.25) is 0 Å². The molecule has 1 saturated carbocycles. The van der Waals surface area contributed by atoms with Crippen LogP contribution in [0, 0.1) is 13.8 Å². The molecular formula is C15H23N. The largest absolute Gasteiger partial charge is 0.314 e. The van der Waals surface area contributed by atoms with Gasteiger partial charge >= 0.3 is 0 Å². The lowest BCUT2D eigenvalue weighted by Crippen LogP contribution is -2.25. The van der Waals surface area contributed by atoms with E-state index in [4.69, 9.17) is 0 Å². The van der Waals surface area contributed by atoms with Crippen LogP contribution < -0.4 is 5.32 Å². The summed E-state index contributed by atoms with van der Waals surface area (Å²) in [5.41, 5.74) is 4.36. The van der Waals surface area contributed by atoms with Crippen LogP contribution in [0.15, 0.2) is 18.2 Å². The maximum Gasteiger partial charge on any atom is 0.00729 e. The first-order chi connectivity index (χ1) is 7.69. The Hall–Kier alpha value is -0.820. The number of nitrogens with one attached hydrogen (secondary N) is 1. The number of hydrogen-bond acceptors (Lipinski definition) is 1. The fraction of sp³-hybridized carbons (Fsp3) is 0.600. The minimum Gasteiger partial charge on any atom is -0.314 e. The van der Waals surface area contributed by atoms with E-state index in [-0.39, 0.29) is 0 Å². The smallest absolute Gasteiger partial charge is 0.00729 e. The van der Waals surface area contributed by atoms with Crippen LogP contribution in [0.2, 0.25) is 0 Å². The van der Waals surface area contributed by atoms with E-state index < -0.39 is 0 Å². The van der Waals surface area contributed by atoms with Crippen molar-refractivity contribution in [2.24, 2.45) is 0 Å². The predicted octanol–water partition coefficient (Wildman–Crippen LogP) is 3.55. The van der Waals surface area contributed by atoms with Gasteiger partial charge in [0.25, 0.3) is 0 Å². The molecule has 16 heavy (non-hydrogen) atoms. The molecule has 2 rings (SSSR count). The van der Waals surface area contributed by atoms with Crippen molar-refractivity contribution in [3.8, 4) is 0 Å². The number of aryl methyl sites for hydroxylation is 2. The highest BCUT2D eigenvalue weighted by Crippen LogP contribution is 2.35. The Bertz CT molecular complexity index is 336. The van der Waals surface area contributed by atoms with E-state index in [0.717, 1.165) is 18.5 Å². The van der Waals surface area contributed by atoms with Crippen LogP contribution >= 0.6 is 0 Å². The van der Waals surface area contributed by atoms with Crippen molar-refractivity contribution in [2.75, 3.05) is 6.54 Å². The average Bonchev–Trinajstić information content (AvgIpc) is 2.65. The molecule has 0 aliphatic heterocycles. The Balaban J connectivity index is 2.08. The van der Waals surface area contributed by atoms with Crippen molar-refractivity contribution in [1.29, 1.82) is 0 Å². The van der Waals surface area contributed by atoms with Crippen LogP contribution in [-0.4, -0.2) is 12.6 Å². The lowest BCUT2D eigenvalue weighted by Gasteiger charge is -2.13. The highest BCUT2D eigenvalue weighted by Gasteiger charge is 2.25. The SMILES string of the molecule is CCNC1CCC(c2cc(C)cc(C)c2)C1. The molecule has 1 N–H and O–H groups in total. The maximum atomic E-state index is 3.57. The Morgan fingerprint density at radius 2 is 1.81 bits per heavy atom. The molecule has 1 aliphatic rings. The Morgan fingerprint density at radius 1 is 1.12 bits per heavy atom. The topological polar surface area (TPSA) is 12.0 Å². The van der Waals surface area contributed by atoms with Crippen LogP contribution in [0.3, 0.4) is 0 Å². The normalized spacial score (nSPS) is 24.9. The van der Waals surface area contributed by atoms with E-state index in [9.17, 15) is 0 Å². The van der Waals surface area contributed by atoms with Gasteiger partial charge in [-0.05, 0) is 51.1 Å². The quantitative estimate of drug-likeness (QED) is 0.816. The fourth-order valence-electron chi connectivity index (χ4n) is 3.00. The summed E-state index contributed by atoms with van der Waals surface area (Å²) in [6.45, 7) is 7.70. The molecule has 0 saturated heterocycles. The molecule has 0 spiro atoms. The average molecular weight is 217 g/mol. The number of rotatable bonds is 3. The van der Waals surface area contributed by atoms with Gasteiger partial charge in [0.05, 0.1) is 0 Å². The molecule has 2 unspecified atom stereocenters. The summed E-state index contributed by atoms with van der Waals surface area (Å²) in [6.07, 6.45) is 4.00.